The zero-order chi connectivity index (χ0) is 10.8. The number of aryl methyl sites for hydroxylation is 1. The van der Waals surface area contributed by atoms with E-state index in [1.807, 2.05) is 13.8 Å². The second kappa shape index (κ2) is 4.00. The Morgan fingerprint density at radius 3 is 2.79 bits per heavy atom. The van der Waals surface area contributed by atoms with Gasteiger partial charge in [0.05, 0.1) is 5.69 Å². The third kappa shape index (κ3) is 2.48. The fourth-order valence-corrected chi connectivity index (χ4v) is 0.984. The molecule has 0 aliphatic carbocycles. The third-order valence-electron chi connectivity index (χ3n) is 1.74. The Balaban J connectivity index is 2.73. The van der Waals surface area contributed by atoms with E-state index < -0.39 is 5.54 Å². The molecule has 1 rings (SSSR count). The fourth-order valence-electron chi connectivity index (χ4n) is 0.917. The van der Waals surface area contributed by atoms with Crippen LogP contribution in [0.4, 0.5) is 0 Å². The van der Waals surface area contributed by atoms with Gasteiger partial charge in [-0.3, -0.25) is 4.79 Å². The number of hydrogen-bond donors (Lipinski definition) is 1. The summed E-state index contributed by atoms with van der Waals surface area (Å²) in [6, 6.07) is 0. The number of halogens is 1. The van der Waals surface area contributed by atoms with E-state index in [-0.39, 0.29) is 11.7 Å². The summed E-state index contributed by atoms with van der Waals surface area (Å²) in [5, 5.41) is 2.74. The molecule has 1 heterocycles. The summed E-state index contributed by atoms with van der Waals surface area (Å²) in [6.45, 7) is 5.39. The Morgan fingerprint density at radius 2 is 2.36 bits per heavy atom. The van der Waals surface area contributed by atoms with Crippen molar-refractivity contribution in [1.29, 1.82) is 0 Å². The van der Waals surface area contributed by atoms with Crippen molar-refractivity contribution < 1.29 is 9.21 Å². The molecule has 0 aliphatic rings. The molecule has 5 heteroatoms. The lowest BCUT2D eigenvalue weighted by Gasteiger charge is -2.22. The van der Waals surface area contributed by atoms with E-state index in [2.05, 4.69) is 10.3 Å². The Morgan fingerprint density at radius 1 is 1.71 bits per heavy atom. The number of rotatable bonds is 3. The van der Waals surface area contributed by atoms with Crippen LogP contribution < -0.4 is 5.32 Å². The van der Waals surface area contributed by atoms with Crippen LogP contribution in [0.1, 0.15) is 30.1 Å². The molecule has 0 fully saturated rings. The Kier molecular flexibility index (Phi) is 3.16. The largest absolute Gasteiger partial charge is 0.438 e. The summed E-state index contributed by atoms with van der Waals surface area (Å²) in [5.74, 6) is 0.292. The molecular formula is C9H13ClN2O2. The van der Waals surface area contributed by atoms with Gasteiger partial charge in [0, 0.05) is 11.4 Å². The molecule has 0 aromatic carbocycles. The number of nitrogens with zero attached hydrogens (tertiary/aromatic N) is 1. The van der Waals surface area contributed by atoms with Crippen molar-refractivity contribution in [2.45, 2.75) is 26.3 Å². The van der Waals surface area contributed by atoms with Gasteiger partial charge in [0.2, 0.25) is 5.76 Å². The molecule has 0 radical (unpaired) electrons. The number of nitrogens with one attached hydrogen (secondary N) is 1. The maximum atomic E-state index is 11.6. The zero-order valence-electron chi connectivity index (χ0n) is 8.43. The molecule has 78 valence electrons. The van der Waals surface area contributed by atoms with Gasteiger partial charge in [0.25, 0.3) is 5.91 Å². The maximum Gasteiger partial charge on any atom is 0.289 e. The van der Waals surface area contributed by atoms with E-state index in [0.717, 1.165) is 0 Å². The minimum atomic E-state index is -0.447. The molecule has 1 amide bonds. The molecule has 0 saturated heterocycles. The Labute approximate surface area is 87.6 Å². The molecule has 0 bridgehead atoms. The number of amides is 1. The highest BCUT2D eigenvalue weighted by Crippen LogP contribution is 2.09. The van der Waals surface area contributed by atoms with Crippen LogP contribution in [0.25, 0.3) is 0 Å². The first-order valence-electron chi connectivity index (χ1n) is 4.25. The normalized spacial score (nSPS) is 11.4. The average molecular weight is 217 g/mol. The van der Waals surface area contributed by atoms with E-state index in [1.165, 1.54) is 6.39 Å². The summed E-state index contributed by atoms with van der Waals surface area (Å²) < 4.78 is 4.95. The SMILES string of the molecule is Cc1ncoc1C(=O)NC(C)(C)CCl. The van der Waals surface area contributed by atoms with Crippen molar-refractivity contribution in [2.24, 2.45) is 0 Å². The first kappa shape index (κ1) is 11.0. The summed E-state index contributed by atoms with van der Waals surface area (Å²) in [4.78, 5) is 15.4. The lowest BCUT2D eigenvalue weighted by atomic mass is 10.1. The predicted molar refractivity (Wildman–Crippen MR) is 53.5 cm³/mol. The molecule has 0 unspecified atom stereocenters. The van der Waals surface area contributed by atoms with Gasteiger partial charge in [-0.25, -0.2) is 4.98 Å². The monoisotopic (exact) mass is 216 g/mol. The van der Waals surface area contributed by atoms with Crippen molar-refractivity contribution in [1.82, 2.24) is 10.3 Å². The van der Waals surface area contributed by atoms with Crippen molar-refractivity contribution in [3.63, 3.8) is 0 Å². The van der Waals surface area contributed by atoms with Crippen LogP contribution in [0.15, 0.2) is 10.8 Å². The zero-order valence-corrected chi connectivity index (χ0v) is 9.18. The Bertz CT molecular complexity index is 333. The maximum absolute atomic E-state index is 11.6. The van der Waals surface area contributed by atoms with Crippen LogP contribution in [0.2, 0.25) is 0 Å². The molecule has 14 heavy (non-hydrogen) atoms. The molecule has 0 atom stereocenters. The molecule has 0 aliphatic heterocycles. The number of hydrogen-bond acceptors (Lipinski definition) is 3. The first-order valence-corrected chi connectivity index (χ1v) is 4.78. The van der Waals surface area contributed by atoms with Gasteiger partial charge in [-0.05, 0) is 20.8 Å². The number of oxazole rings is 1. The number of carbonyl (C=O) groups is 1. The van der Waals surface area contributed by atoms with Crippen molar-refractivity contribution in [3.8, 4) is 0 Å². The van der Waals surface area contributed by atoms with Gasteiger partial charge in [-0.2, -0.15) is 0 Å². The van der Waals surface area contributed by atoms with Gasteiger partial charge in [0.1, 0.15) is 0 Å². The summed E-state index contributed by atoms with van der Waals surface area (Å²) >= 11 is 5.68. The second-order valence-electron chi connectivity index (χ2n) is 3.74. The van der Waals surface area contributed by atoms with Gasteiger partial charge in [-0.15, -0.1) is 11.6 Å². The van der Waals surface area contributed by atoms with Crippen LogP contribution in [0.5, 0.6) is 0 Å². The highest BCUT2D eigenvalue weighted by Gasteiger charge is 2.22. The predicted octanol–water partition coefficient (Wildman–Crippen LogP) is 1.73. The third-order valence-corrected chi connectivity index (χ3v) is 2.41. The van der Waals surface area contributed by atoms with E-state index in [1.54, 1.807) is 6.92 Å². The number of alkyl halides is 1. The molecule has 0 saturated carbocycles. The topological polar surface area (TPSA) is 55.1 Å². The summed E-state index contributed by atoms with van der Waals surface area (Å²) in [7, 11) is 0. The molecule has 1 N–H and O–H groups in total. The van der Waals surface area contributed by atoms with E-state index in [9.17, 15) is 4.79 Å². The lowest BCUT2D eigenvalue weighted by Crippen LogP contribution is -2.44. The lowest BCUT2D eigenvalue weighted by molar-refractivity contribution is 0.0891. The van der Waals surface area contributed by atoms with Crippen LogP contribution >= 0.6 is 11.6 Å². The molecule has 1 aromatic heterocycles. The van der Waals surface area contributed by atoms with E-state index >= 15 is 0 Å². The van der Waals surface area contributed by atoms with Gasteiger partial charge in [-0.1, -0.05) is 0 Å². The summed E-state index contributed by atoms with van der Waals surface area (Å²) in [6.07, 6.45) is 1.25. The van der Waals surface area contributed by atoms with E-state index in [0.29, 0.717) is 11.6 Å². The highest BCUT2D eigenvalue weighted by molar-refractivity contribution is 6.18. The van der Waals surface area contributed by atoms with Crippen LogP contribution in [0.3, 0.4) is 0 Å². The van der Waals surface area contributed by atoms with Crippen LogP contribution in [-0.2, 0) is 0 Å². The molecule has 1 aromatic rings. The van der Waals surface area contributed by atoms with E-state index in [4.69, 9.17) is 16.0 Å². The number of aromatic nitrogens is 1. The van der Waals surface area contributed by atoms with Gasteiger partial charge in [0.15, 0.2) is 6.39 Å². The highest BCUT2D eigenvalue weighted by atomic mass is 35.5. The van der Waals surface area contributed by atoms with Crippen LogP contribution in [0, 0.1) is 6.92 Å². The van der Waals surface area contributed by atoms with Crippen LogP contribution in [-0.4, -0.2) is 22.3 Å². The second-order valence-corrected chi connectivity index (χ2v) is 4.01. The standard InChI is InChI=1S/C9H13ClN2O2/c1-6-7(14-5-11-6)8(13)12-9(2,3)4-10/h5H,4H2,1-3H3,(H,12,13). The minimum Gasteiger partial charge on any atom is -0.438 e. The first-order chi connectivity index (χ1) is 6.46. The Hall–Kier alpha value is -1.03. The van der Waals surface area contributed by atoms with Gasteiger partial charge >= 0.3 is 0 Å². The molecular weight excluding hydrogens is 204 g/mol. The van der Waals surface area contributed by atoms with Crippen molar-refractivity contribution in [3.05, 3.63) is 17.8 Å². The molecule has 4 nitrogen and oxygen atoms in total. The van der Waals surface area contributed by atoms with Gasteiger partial charge < -0.3 is 9.73 Å². The average Bonchev–Trinajstić information content (AvgIpc) is 2.51. The molecule has 0 spiro atoms. The van der Waals surface area contributed by atoms with Crippen molar-refractivity contribution >= 4 is 17.5 Å². The summed E-state index contributed by atoms with van der Waals surface area (Å²) in [5.41, 5.74) is 0.130. The smallest absolute Gasteiger partial charge is 0.289 e. The van der Waals surface area contributed by atoms with Crippen molar-refractivity contribution in [2.75, 3.05) is 5.88 Å². The quantitative estimate of drug-likeness (QED) is 0.783. The minimum absolute atomic E-state index is 0.239. The fraction of sp³-hybridized carbons (Fsp3) is 0.556. The number of carbonyl (C=O) groups excluding carboxylic acids is 1.